The predicted molar refractivity (Wildman–Crippen MR) is 228 cm³/mol. The van der Waals surface area contributed by atoms with Gasteiger partial charge in [-0.05, 0) is 108 Å². The molecule has 3 aromatic carbocycles. The third-order valence-electron chi connectivity index (χ3n) is 15.6. The summed E-state index contributed by atoms with van der Waals surface area (Å²) in [5.74, 6) is -2.34. The maximum absolute atomic E-state index is 14.9. The average Bonchev–Trinajstić information content (AvgIpc) is 3.53. The summed E-state index contributed by atoms with van der Waals surface area (Å²) in [5.41, 5.74) is 13.4. The molecule has 1 saturated carbocycles. The molecule has 2 saturated heterocycles. The Labute approximate surface area is 360 Å². The number of hydrogen-bond donors (Lipinski definition) is 6. The van der Waals surface area contributed by atoms with Crippen LogP contribution in [-0.2, 0) is 41.1 Å². The maximum Gasteiger partial charge on any atom is 0.411 e. The van der Waals surface area contributed by atoms with Gasteiger partial charge in [-0.2, -0.15) is 0 Å². The molecule has 6 amide bonds. The first-order valence-corrected chi connectivity index (χ1v) is 21.8. The Bertz CT molecular complexity index is 2410. The summed E-state index contributed by atoms with van der Waals surface area (Å²) >= 11 is 0. The summed E-state index contributed by atoms with van der Waals surface area (Å²) in [7, 11) is 0. The standard InChI is InChI=1S/C48H54N6O8/c1-45(25-38(49)55)30-13-17-32(18-14-30)47(45,41(57)51-43(59)60)53-23-3-5-36(53)34-21-22-35(40(34)29-11-9-28(10-12-29)27-7-8-27)37-6-4-24-54(37)48(42(58)52-44(61)62)33-19-15-31(16-20-33)46(48,2)26-39(50)56/h9-20,27,34,36-37H,3-8,21-26H2,1-2H3,(H2,49,55)(H2,50,56)(H,51,57)(H,52,58)(H,59,60)(H,61,62)/t34?,36?,37?,45?,46?,47-,48-/m1/s1. The van der Waals surface area contributed by atoms with Crippen LogP contribution in [0.25, 0.3) is 5.57 Å². The first-order chi connectivity index (χ1) is 29.6. The van der Waals surface area contributed by atoms with Gasteiger partial charge >= 0.3 is 12.2 Å². The van der Waals surface area contributed by atoms with E-state index in [-0.39, 0.29) is 30.8 Å². The number of primary amides is 2. The third kappa shape index (κ3) is 5.96. The van der Waals surface area contributed by atoms with E-state index >= 15 is 0 Å². The zero-order chi connectivity index (χ0) is 43.9. The normalized spacial score (nSPS) is 31.4. The molecule has 0 radical (unpaired) electrons. The summed E-state index contributed by atoms with van der Waals surface area (Å²) < 4.78 is 0. The summed E-state index contributed by atoms with van der Waals surface area (Å²) in [6.45, 7) is 4.57. The van der Waals surface area contributed by atoms with Gasteiger partial charge in [-0.15, -0.1) is 0 Å². The Kier molecular flexibility index (Phi) is 9.97. The first-order valence-electron chi connectivity index (χ1n) is 21.8. The van der Waals surface area contributed by atoms with Crippen molar-refractivity contribution in [3.63, 3.8) is 0 Å². The van der Waals surface area contributed by atoms with Gasteiger partial charge in [0.25, 0.3) is 11.8 Å². The van der Waals surface area contributed by atoms with E-state index in [4.69, 9.17) is 11.5 Å². The topological polar surface area (TPSA) is 225 Å². The molecule has 0 aromatic heterocycles. The Morgan fingerprint density at radius 1 is 0.629 bits per heavy atom. The van der Waals surface area contributed by atoms with E-state index in [9.17, 15) is 39.0 Å². The van der Waals surface area contributed by atoms with Crippen molar-refractivity contribution < 1.29 is 39.0 Å². The van der Waals surface area contributed by atoms with Crippen LogP contribution >= 0.6 is 0 Å². The number of amides is 6. The molecule has 8 aliphatic rings. The smallest absolute Gasteiger partial charge is 0.411 e. The number of nitrogens with one attached hydrogen (secondary N) is 2. The molecule has 5 unspecified atom stereocenters. The zero-order valence-electron chi connectivity index (χ0n) is 35.1. The number of carboxylic acid groups (broad SMARTS) is 2. The third-order valence-corrected chi connectivity index (χ3v) is 15.6. The number of nitrogens with two attached hydrogens (primary N) is 2. The minimum atomic E-state index is -1.60. The fourth-order valence-electron chi connectivity index (χ4n) is 13.2. The molecule has 14 heteroatoms. The number of rotatable bonds is 12. The molecule has 14 nitrogen and oxygen atoms in total. The molecule has 2 heterocycles. The van der Waals surface area contributed by atoms with E-state index in [2.05, 4.69) is 44.7 Å². The van der Waals surface area contributed by atoms with Gasteiger partial charge in [0.15, 0.2) is 0 Å². The number of carbonyl (C=O) groups excluding carboxylic acids is 4. The van der Waals surface area contributed by atoms with Crippen LogP contribution in [0.2, 0.25) is 0 Å². The van der Waals surface area contributed by atoms with Crippen LogP contribution in [0.4, 0.5) is 9.59 Å². The lowest BCUT2D eigenvalue weighted by Gasteiger charge is -2.57. The van der Waals surface area contributed by atoms with Crippen LogP contribution < -0.4 is 22.1 Å². The van der Waals surface area contributed by atoms with Crippen molar-refractivity contribution in [2.24, 2.45) is 17.4 Å². The van der Waals surface area contributed by atoms with Crippen molar-refractivity contribution in [3.8, 4) is 0 Å². The Morgan fingerprint density at radius 2 is 1.10 bits per heavy atom. The van der Waals surface area contributed by atoms with Crippen LogP contribution in [0, 0.1) is 5.92 Å². The van der Waals surface area contributed by atoms with Crippen molar-refractivity contribution >= 4 is 41.4 Å². The van der Waals surface area contributed by atoms with Gasteiger partial charge < -0.3 is 21.7 Å². The molecule has 8 N–H and O–H groups in total. The fourth-order valence-corrected chi connectivity index (χ4v) is 13.2. The van der Waals surface area contributed by atoms with E-state index in [1.807, 2.05) is 62.4 Å². The Morgan fingerprint density at radius 3 is 1.58 bits per heavy atom. The van der Waals surface area contributed by atoms with Gasteiger partial charge in [0.1, 0.15) is 11.1 Å². The SMILES string of the molecule is CC1(CC(N)=O)c2ccc(cc2)[C@]1(C(=O)NC(=O)O)N1CCCC1C1=C(c2ccc(C3CC3)cc2)C(C2CCCN2[C@@]2(C(=O)NC(=O)O)c3ccc(cc3)C2(C)CC(N)=O)CC1. The molecule has 62 heavy (non-hydrogen) atoms. The van der Waals surface area contributed by atoms with Gasteiger partial charge in [0, 0.05) is 48.2 Å². The summed E-state index contributed by atoms with van der Waals surface area (Å²) in [6, 6.07) is 23.0. The van der Waals surface area contributed by atoms with Crippen LogP contribution in [0.5, 0.6) is 0 Å². The Balaban J connectivity index is 1.22. The van der Waals surface area contributed by atoms with E-state index in [1.54, 1.807) is 0 Å². The minimum Gasteiger partial charge on any atom is -0.465 e. The quantitative estimate of drug-likeness (QED) is 0.137. The molecule has 11 rings (SSSR count). The van der Waals surface area contributed by atoms with Crippen LogP contribution in [0.1, 0.15) is 117 Å². The van der Waals surface area contributed by atoms with Gasteiger partial charge in [-0.3, -0.25) is 39.6 Å². The number of hydrogen-bond acceptors (Lipinski definition) is 8. The van der Waals surface area contributed by atoms with Crippen molar-refractivity contribution in [2.45, 2.75) is 118 Å². The van der Waals surface area contributed by atoms with Crippen molar-refractivity contribution in [1.82, 2.24) is 20.4 Å². The largest absolute Gasteiger partial charge is 0.465 e. The molecule has 7 atom stereocenters. The van der Waals surface area contributed by atoms with Gasteiger partial charge in [-0.25, -0.2) is 9.59 Å². The number of benzene rings is 3. The second-order valence-corrected chi connectivity index (χ2v) is 18.8. The molecule has 324 valence electrons. The number of fused-ring (bicyclic) bond motifs is 6. The molecule has 3 fully saturated rings. The highest BCUT2D eigenvalue weighted by atomic mass is 16.4. The van der Waals surface area contributed by atoms with Gasteiger partial charge in [-0.1, -0.05) is 86.6 Å². The molecule has 0 spiro atoms. The molecule has 2 aliphatic heterocycles. The Hall–Kier alpha value is -5.86. The van der Waals surface area contributed by atoms with E-state index in [0.717, 1.165) is 29.6 Å². The second kappa shape index (κ2) is 14.9. The summed E-state index contributed by atoms with van der Waals surface area (Å²) in [6.07, 6.45) is 2.99. The molecular weight excluding hydrogens is 789 g/mol. The lowest BCUT2D eigenvalue weighted by molar-refractivity contribution is -0.144. The van der Waals surface area contributed by atoms with Crippen LogP contribution in [0.3, 0.4) is 0 Å². The molecular formula is C48H54N6O8. The summed E-state index contributed by atoms with van der Waals surface area (Å²) in [4.78, 5) is 84.6. The van der Waals surface area contributed by atoms with Crippen molar-refractivity contribution in [2.75, 3.05) is 13.1 Å². The highest BCUT2D eigenvalue weighted by Crippen LogP contribution is 2.60. The minimum absolute atomic E-state index is 0.168. The highest BCUT2D eigenvalue weighted by Gasteiger charge is 2.67. The highest BCUT2D eigenvalue weighted by molar-refractivity contribution is 6.01. The number of imide groups is 2. The molecule has 6 aliphatic carbocycles. The van der Waals surface area contributed by atoms with Crippen LogP contribution in [0.15, 0.2) is 78.4 Å². The first kappa shape index (κ1) is 41.5. The summed E-state index contributed by atoms with van der Waals surface area (Å²) in [5, 5.41) is 24.5. The van der Waals surface area contributed by atoms with E-state index < -0.39 is 57.7 Å². The fraction of sp³-hybridized carbons (Fsp3) is 0.458. The second-order valence-electron chi connectivity index (χ2n) is 18.8. The molecule has 3 aromatic rings. The lowest BCUT2D eigenvalue weighted by Crippen LogP contribution is -2.70. The van der Waals surface area contributed by atoms with Gasteiger partial charge in [0.2, 0.25) is 11.8 Å². The van der Waals surface area contributed by atoms with E-state index in [0.29, 0.717) is 79.8 Å². The zero-order valence-corrected chi connectivity index (χ0v) is 35.1. The lowest BCUT2D eigenvalue weighted by atomic mass is 9.56. The van der Waals surface area contributed by atoms with Crippen molar-refractivity contribution in [3.05, 3.63) is 112 Å². The predicted octanol–water partition coefficient (Wildman–Crippen LogP) is 5.33. The average molecular weight is 843 g/mol. The number of nitrogens with zero attached hydrogens (tertiary/aromatic N) is 2. The molecule has 4 bridgehead atoms. The number of carbonyl (C=O) groups is 6. The van der Waals surface area contributed by atoms with Gasteiger partial charge in [0.05, 0.1) is 0 Å². The van der Waals surface area contributed by atoms with E-state index in [1.165, 1.54) is 5.56 Å². The number of likely N-dealkylation sites (tertiary alicyclic amines) is 2. The monoisotopic (exact) mass is 842 g/mol. The van der Waals surface area contributed by atoms with Crippen molar-refractivity contribution in [1.29, 1.82) is 0 Å². The maximum atomic E-state index is 14.9. The van der Waals surface area contributed by atoms with Crippen LogP contribution in [-0.4, -0.2) is 81.0 Å².